The second kappa shape index (κ2) is 4.98. The Hall–Kier alpha value is -1.33. The molecule has 0 aliphatic heterocycles. The fourth-order valence-electron chi connectivity index (χ4n) is 1.90. The van der Waals surface area contributed by atoms with Gasteiger partial charge in [0.05, 0.1) is 0 Å². The van der Waals surface area contributed by atoms with Gasteiger partial charge in [0.1, 0.15) is 6.04 Å². The van der Waals surface area contributed by atoms with Gasteiger partial charge in [0.15, 0.2) is 0 Å². The number of rotatable bonds is 3. The SMILES string of the molecule is NC(c1ccc(Cl)c2ccccc12)C(F)(F)C(F)F. The zero-order valence-electron chi connectivity index (χ0n) is 9.59. The third-order valence-corrected chi connectivity index (χ3v) is 3.27. The Labute approximate surface area is 112 Å². The van der Waals surface area contributed by atoms with E-state index in [4.69, 9.17) is 17.3 Å². The summed E-state index contributed by atoms with van der Waals surface area (Å²) in [5.41, 5.74) is 5.27. The minimum absolute atomic E-state index is 0.0506. The smallest absolute Gasteiger partial charge is 0.319 e. The summed E-state index contributed by atoms with van der Waals surface area (Å²) in [4.78, 5) is 0. The molecule has 2 N–H and O–H groups in total. The molecule has 0 amide bonds. The molecule has 0 aliphatic rings. The van der Waals surface area contributed by atoms with Gasteiger partial charge in [-0.15, -0.1) is 0 Å². The van der Waals surface area contributed by atoms with Crippen LogP contribution in [0.25, 0.3) is 10.8 Å². The Morgan fingerprint density at radius 2 is 1.58 bits per heavy atom. The van der Waals surface area contributed by atoms with Crippen molar-refractivity contribution in [1.29, 1.82) is 0 Å². The number of hydrogen-bond acceptors (Lipinski definition) is 1. The number of halogens is 5. The van der Waals surface area contributed by atoms with E-state index in [0.29, 0.717) is 15.8 Å². The largest absolute Gasteiger partial charge is 0.326 e. The lowest BCUT2D eigenvalue weighted by Gasteiger charge is -2.24. The van der Waals surface area contributed by atoms with E-state index >= 15 is 0 Å². The van der Waals surface area contributed by atoms with Crippen molar-refractivity contribution in [2.24, 2.45) is 5.73 Å². The second-order valence-electron chi connectivity index (χ2n) is 4.14. The van der Waals surface area contributed by atoms with Crippen LogP contribution in [0.3, 0.4) is 0 Å². The summed E-state index contributed by atoms with van der Waals surface area (Å²) in [5, 5.41) is 1.21. The van der Waals surface area contributed by atoms with Gasteiger partial charge >= 0.3 is 12.3 Å². The summed E-state index contributed by atoms with van der Waals surface area (Å²) in [6, 6.07) is 6.97. The molecule has 102 valence electrons. The van der Waals surface area contributed by atoms with Gasteiger partial charge in [0.2, 0.25) is 0 Å². The summed E-state index contributed by atoms with van der Waals surface area (Å²) < 4.78 is 51.4. The van der Waals surface area contributed by atoms with Crippen LogP contribution in [-0.2, 0) is 0 Å². The third kappa shape index (κ3) is 2.40. The average Bonchev–Trinajstić information content (AvgIpc) is 2.38. The van der Waals surface area contributed by atoms with E-state index < -0.39 is 18.4 Å². The van der Waals surface area contributed by atoms with Crippen molar-refractivity contribution in [3.8, 4) is 0 Å². The van der Waals surface area contributed by atoms with Crippen molar-refractivity contribution in [1.82, 2.24) is 0 Å². The van der Waals surface area contributed by atoms with Gasteiger partial charge in [0, 0.05) is 10.4 Å². The average molecular weight is 292 g/mol. The maximum Gasteiger partial charge on any atom is 0.326 e. The first-order valence-electron chi connectivity index (χ1n) is 5.44. The number of nitrogens with two attached hydrogens (primary N) is 1. The fraction of sp³-hybridized carbons (Fsp3) is 0.231. The Kier molecular flexibility index (Phi) is 3.69. The topological polar surface area (TPSA) is 26.0 Å². The van der Waals surface area contributed by atoms with Gasteiger partial charge < -0.3 is 5.73 Å². The van der Waals surface area contributed by atoms with Crippen molar-refractivity contribution in [3.63, 3.8) is 0 Å². The molecule has 2 rings (SSSR count). The second-order valence-corrected chi connectivity index (χ2v) is 4.54. The van der Waals surface area contributed by atoms with E-state index in [1.807, 2.05) is 0 Å². The molecular formula is C13H10ClF4N. The predicted octanol–water partition coefficient (Wildman–Crippen LogP) is 4.39. The van der Waals surface area contributed by atoms with Crippen molar-refractivity contribution < 1.29 is 17.6 Å². The normalized spacial score (nSPS) is 14.1. The number of fused-ring (bicyclic) bond motifs is 1. The molecule has 0 fully saturated rings. The molecule has 0 saturated heterocycles. The monoisotopic (exact) mass is 291 g/mol. The molecule has 0 heterocycles. The zero-order chi connectivity index (χ0) is 14.2. The van der Waals surface area contributed by atoms with Gasteiger partial charge in [-0.25, -0.2) is 8.78 Å². The predicted molar refractivity (Wildman–Crippen MR) is 66.8 cm³/mol. The molecule has 1 atom stereocenters. The van der Waals surface area contributed by atoms with E-state index in [9.17, 15) is 17.6 Å². The van der Waals surface area contributed by atoms with E-state index in [0.717, 1.165) is 0 Å². The van der Waals surface area contributed by atoms with Crippen LogP contribution >= 0.6 is 11.6 Å². The fourth-order valence-corrected chi connectivity index (χ4v) is 2.13. The van der Waals surface area contributed by atoms with Crippen molar-refractivity contribution in [2.75, 3.05) is 0 Å². The summed E-state index contributed by atoms with van der Waals surface area (Å²) in [5.74, 6) is -4.30. The Morgan fingerprint density at radius 1 is 1.00 bits per heavy atom. The van der Waals surface area contributed by atoms with E-state index in [1.165, 1.54) is 18.2 Å². The van der Waals surface area contributed by atoms with Crippen LogP contribution in [0.4, 0.5) is 17.6 Å². The van der Waals surface area contributed by atoms with Gasteiger partial charge in [-0.2, -0.15) is 8.78 Å². The molecule has 1 unspecified atom stereocenters. The number of alkyl halides is 4. The lowest BCUT2D eigenvalue weighted by atomic mass is 9.95. The zero-order valence-corrected chi connectivity index (χ0v) is 10.3. The standard InChI is InChI=1S/C13H10ClF4N/c14-10-6-5-9(7-3-1-2-4-8(7)10)11(19)13(17,18)12(15)16/h1-6,11-12H,19H2. The van der Waals surface area contributed by atoms with Crippen molar-refractivity contribution >= 4 is 22.4 Å². The molecule has 1 nitrogen and oxygen atoms in total. The molecule has 0 aliphatic carbocycles. The van der Waals surface area contributed by atoms with Gasteiger partial charge in [0.25, 0.3) is 0 Å². The summed E-state index contributed by atoms with van der Waals surface area (Å²) in [6.07, 6.45) is -3.82. The van der Waals surface area contributed by atoms with Crippen LogP contribution in [0.2, 0.25) is 5.02 Å². The van der Waals surface area contributed by atoms with E-state index in [2.05, 4.69) is 0 Å². The van der Waals surface area contributed by atoms with Gasteiger partial charge in [-0.1, -0.05) is 41.9 Å². The summed E-state index contributed by atoms with van der Waals surface area (Å²) in [7, 11) is 0. The molecule has 6 heteroatoms. The first-order chi connectivity index (χ1) is 8.85. The first kappa shape index (κ1) is 14.1. The maximum absolute atomic E-state index is 13.3. The van der Waals surface area contributed by atoms with Crippen LogP contribution in [0.1, 0.15) is 11.6 Å². The Bertz CT molecular complexity index is 600. The highest BCUT2D eigenvalue weighted by Crippen LogP contribution is 2.38. The summed E-state index contributed by atoms with van der Waals surface area (Å²) >= 11 is 5.93. The maximum atomic E-state index is 13.3. The molecule has 0 aromatic heterocycles. The Balaban J connectivity index is 2.61. The molecule has 0 spiro atoms. The van der Waals surface area contributed by atoms with Gasteiger partial charge in [-0.05, 0) is 17.0 Å². The minimum atomic E-state index is -4.30. The molecular weight excluding hydrogens is 282 g/mol. The lowest BCUT2D eigenvalue weighted by Crippen LogP contribution is -2.39. The highest BCUT2D eigenvalue weighted by Gasteiger charge is 2.48. The van der Waals surface area contributed by atoms with Gasteiger partial charge in [-0.3, -0.25) is 0 Å². The quantitative estimate of drug-likeness (QED) is 0.834. The molecule has 19 heavy (non-hydrogen) atoms. The first-order valence-corrected chi connectivity index (χ1v) is 5.82. The minimum Gasteiger partial charge on any atom is -0.319 e. The van der Waals surface area contributed by atoms with Crippen LogP contribution < -0.4 is 5.73 Å². The lowest BCUT2D eigenvalue weighted by molar-refractivity contribution is -0.144. The van der Waals surface area contributed by atoms with Crippen LogP contribution in [0.15, 0.2) is 36.4 Å². The summed E-state index contributed by atoms with van der Waals surface area (Å²) in [6.45, 7) is 0. The van der Waals surface area contributed by atoms with Crippen LogP contribution in [0.5, 0.6) is 0 Å². The van der Waals surface area contributed by atoms with Crippen molar-refractivity contribution in [2.45, 2.75) is 18.4 Å². The Morgan fingerprint density at radius 3 is 2.16 bits per heavy atom. The van der Waals surface area contributed by atoms with E-state index in [-0.39, 0.29) is 5.56 Å². The number of hydrogen-bond donors (Lipinski definition) is 1. The highest BCUT2D eigenvalue weighted by molar-refractivity contribution is 6.35. The van der Waals surface area contributed by atoms with Crippen LogP contribution in [0, 0.1) is 0 Å². The molecule has 2 aromatic rings. The van der Waals surface area contributed by atoms with E-state index in [1.54, 1.807) is 18.2 Å². The molecule has 0 bridgehead atoms. The molecule has 0 saturated carbocycles. The number of benzene rings is 2. The molecule has 2 aromatic carbocycles. The molecule has 0 radical (unpaired) electrons. The highest BCUT2D eigenvalue weighted by atomic mass is 35.5. The van der Waals surface area contributed by atoms with Crippen molar-refractivity contribution in [3.05, 3.63) is 47.0 Å². The van der Waals surface area contributed by atoms with Crippen LogP contribution in [-0.4, -0.2) is 12.3 Å². The third-order valence-electron chi connectivity index (χ3n) is 2.95.